The SMILES string of the molecule is CC(CO)N(C)S(=O)(=O)CCC(C)(C)C. The Kier molecular flexibility index (Phi) is 5.23. The van der Waals surface area contributed by atoms with E-state index in [2.05, 4.69) is 0 Å². The fraction of sp³-hybridized carbons (Fsp3) is 1.00. The van der Waals surface area contributed by atoms with Crippen LogP contribution >= 0.6 is 0 Å². The minimum Gasteiger partial charge on any atom is -0.395 e. The standard InChI is InChI=1S/C10H23NO3S/c1-9(8-12)11(5)15(13,14)7-6-10(2,3)4/h9,12H,6-8H2,1-5H3. The zero-order valence-electron chi connectivity index (χ0n) is 10.3. The zero-order chi connectivity index (χ0) is 12.3. The van der Waals surface area contributed by atoms with E-state index in [0.717, 1.165) is 0 Å². The Labute approximate surface area is 93.3 Å². The van der Waals surface area contributed by atoms with Crippen LogP contribution in [-0.2, 0) is 10.0 Å². The van der Waals surface area contributed by atoms with Crippen molar-refractivity contribution in [1.29, 1.82) is 0 Å². The second kappa shape index (κ2) is 5.27. The van der Waals surface area contributed by atoms with Gasteiger partial charge in [0.2, 0.25) is 10.0 Å². The Hall–Kier alpha value is -0.130. The van der Waals surface area contributed by atoms with Gasteiger partial charge in [-0.15, -0.1) is 0 Å². The van der Waals surface area contributed by atoms with Gasteiger partial charge in [-0.05, 0) is 18.8 Å². The molecule has 1 unspecified atom stereocenters. The summed E-state index contributed by atoms with van der Waals surface area (Å²) in [6.45, 7) is 7.58. The van der Waals surface area contributed by atoms with Gasteiger partial charge >= 0.3 is 0 Å². The first-order chi connectivity index (χ1) is 6.60. The third kappa shape index (κ3) is 5.49. The topological polar surface area (TPSA) is 57.6 Å². The molecule has 92 valence electrons. The van der Waals surface area contributed by atoms with Crippen molar-refractivity contribution in [3.8, 4) is 0 Å². The summed E-state index contributed by atoms with van der Waals surface area (Å²) >= 11 is 0. The molecule has 0 aromatic rings. The van der Waals surface area contributed by atoms with Crippen LogP contribution < -0.4 is 0 Å². The van der Waals surface area contributed by atoms with Gasteiger partial charge in [0.25, 0.3) is 0 Å². The molecule has 0 saturated heterocycles. The average molecular weight is 237 g/mol. The lowest BCUT2D eigenvalue weighted by atomic mass is 9.94. The van der Waals surface area contributed by atoms with E-state index in [1.807, 2.05) is 20.8 Å². The molecule has 0 spiro atoms. The maximum absolute atomic E-state index is 11.8. The largest absolute Gasteiger partial charge is 0.395 e. The Morgan fingerprint density at radius 2 is 1.80 bits per heavy atom. The Bertz CT molecular complexity index is 280. The molecule has 0 fully saturated rings. The molecule has 0 aromatic heterocycles. The summed E-state index contributed by atoms with van der Waals surface area (Å²) in [6.07, 6.45) is 0.623. The quantitative estimate of drug-likeness (QED) is 0.778. The number of aliphatic hydroxyl groups excluding tert-OH is 1. The molecular weight excluding hydrogens is 214 g/mol. The van der Waals surface area contributed by atoms with Crippen LogP contribution in [0.1, 0.15) is 34.1 Å². The van der Waals surface area contributed by atoms with Gasteiger partial charge in [0, 0.05) is 13.1 Å². The van der Waals surface area contributed by atoms with Crippen molar-refractivity contribution in [3.05, 3.63) is 0 Å². The highest BCUT2D eigenvalue weighted by molar-refractivity contribution is 7.89. The van der Waals surface area contributed by atoms with Crippen LogP contribution in [0.15, 0.2) is 0 Å². The van der Waals surface area contributed by atoms with E-state index in [1.54, 1.807) is 6.92 Å². The smallest absolute Gasteiger partial charge is 0.214 e. The first-order valence-electron chi connectivity index (χ1n) is 5.17. The summed E-state index contributed by atoms with van der Waals surface area (Å²) in [7, 11) is -1.72. The van der Waals surface area contributed by atoms with Gasteiger partial charge in [-0.2, -0.15) is 4.31 Å². The Balaban J connectivity index is 4.44. The molecule has 0 aliphatic carbocycles. The maximum Gasteiger partial charge on any atom is 0.214 e. The van der Waals surface area contributed by atoms with Crippen LogP contribution in [0.2, 0.25) is 0 Å². The molecule has 0 aliphatic heterocycles. The lowest BCUT2D eigenvalue weighted by Gasteiger charge is -2.25. The van der Waals surface area contributed by atoms with Gasteiger partial charge in [-0.1, -0.05) is 20.8 Å². The normalized spacial score (nSPS) is 15.7. The molecule has 5 heteroatoms. The van der Waals surface area contributed by atoms with Crippen molar-refractivity contribution in [2.24, 2.45) is 5.41 Å². The molecule has 0 aromatic carbocycles. The lowest BCUT2D eigenvalue weighted by Crippen LogP contribution is -2.39. The highest BCUT2D eigenvalue weighted by Gasteiger charge is 2.24. The van der Waals surface area contributed by atoms with E-state index in [4.69, 9.17) is 5.11 Å². The fourth-order valence-electron chi connectivity index (χ4n) is 0.968. The van der Waals surface area contributed by atoms with Gasteiger partial charge < -0.3 is 5.11 Å². The highest BCUT2D eigenvalue weighted by Crippen LogP contribution is 2.20. The number of hydrogen-bond donors (Lipinski definition) is 1. The Morgan fingerprint density at radius 3 is 2.13 bits per heavy atom. The van der Waals surface area contributed by atoms with Crippen molar-refractivity contribution >= 4 is 10.0 Å². The zero-order valence-corrected chi connectivity index (χ0v) is 11.1. The summed E-state index contributed by atoms with van der Waals surface area (Å²) in [5.74, 6) is 0.136. The summed E-state index contributed by atoms with van der Waals surface area (Å²) < 4.78 is 24.8. The second-order valence-electron chi connectivity index (χ2n) is 5.17. The van der Waals surface area contributed by atoms with Crippen molar-refractivity contribution in [3.63, 3.8) is 0 Å². The summed E-state index contributed by atoms with van der Waals surface area (Å²) in [5.41, 5.74) is 0.0103. The molecule has 0 saturated carbocycles. The third-order valence-electron chi connectivity index (χ3n) is 2.43. The number of sulfonamides is 1. The highest BCUT2D eigenvalue weighted by atomic mass is 32.2. The van der Waals surface area contributed by atoms with Crippen molar-refractivity contribution in [2.75, 3.05) is 19.4 Å². The van der Waals surface area contributed by atoms with Crippen LogP contribution in [0.4, 0.5) is 0 Å². The summed E-state index contributed by atoms with van der Waals surface area (Å²) in [4.78, 5) is 0. The van der Waals surface area contributed by atoms with E-state index in [1.165, 1.54) is 11.4 Å². The number of hydrogen-bond acceptors (Lipinski definition) is 3. The molecule has 0 rings (SSSR count). The number of nitrogens with zero attached hydrogens (tertiary/aromatic N) is 1. The maximum atomic E-state index is 11.8. The second-order valence-corrected chi connectivity index (χ2v) is 7.32. The predicted molar refractivity (Wildman–Crippen MR) is 62.2 cm³/mol. The Morgan fingerprint density at radius 1 is 1.33 bits per heavy atom. The van der Waals surface area contributed by atoms with Gasteiger partial charge in [-0.25, -0.2) is 8.42 Å². The molecule has 1 atom stereocenters. The van der Waals surface area contributed by atoms with Crippen LogP contribution in [-0.4, -0.2) is 43.3 Å². The van der Waals surface area contributed by atoms with Crippen molar-refractivity contribution < 1.29 is 13.5 Å². The molecule has 0 radical (unpaired) electrons. The number of aliphatic hydroxyl groups is 1. The molecule has 0 amide bonds. The molecule has 15 heavy (non-hydrogen) atoms. The monoisotopic (exact) mass is 237 g/mol. The minimum atomic E-state index is -3.23. The van der Waals surface area contributed by atoms with Gasteiger partial charge in [0.05, 0.1) is 12.4 Å². The molecular formula is C10H23NO3S. The predicted octanol–water partition coefficient (Wildman–Crippen LogP) is 1.06. The van der Waals surface area contributed by atoms with Crippen LogP contribution in [0.25, 0.3) is 0 Å². The average Bonchev–Trinajstić information content (AvgIpc) is 2.11. The van der Waals surface area contributed by atoms with E-state index in [9.17, 15) is 8.42 Å². The molecule has 1 N–H and O–H groups in total. The third-order valence-corrected chi connectivity index (χ3v) is 4.39. The molecule has 4 nitrogen and oxygen atoms in total. The van der Waals surface area contributed by atoms with Gasteiger partial charge in [-0.3, -0.25) is 0 Å². The van der Waals surface area contributed by atoms with Crippen LogP contribution in [0.5, 0.6) is 0 Å². The van der Waals surface area contributed by atoms with Crippen LogP contribution in [0, 0.1) is 5.41 Å². The lowest BCUT2D eigenvalue weighted by molar-refractivity contribution is 0.213. The summed E-state index contributed by atoms with van der Waals surface area (Å²) in [5, 5.41) is 8.89. The van der Waals surface area contributed by atoms with Gasteiger partial charge in [0.1, 0.15) is 0 Å². The first kappa shape index (κ1) is 14.9. The number of likely N-dealkylation sites (N-methyl/N-ethyl adjacent to an activating group) is 1. The first-order valence-corrected chi connectivity index (χ1v) is 6.77. The number of rotatable bonds is 5. The molecule has 0 heterocycles. The van der Waals surface area contributed by atoms with E-state index in [0.29, 0.717) is 6.42 Å². The van der Waals surface area contributed by atoms with Crippen molar-refractivity contribution in [2.45, 2.75) is 40.2 Å². The van der Waals surface area contributed by atoms with E-state index >= 15 is 0 Å². The molecule has 0 aliphatic rings. The summed E-state index contributed by atoms with van der Waals surface area (Å²) in [6, 6.07) is -0.352. The fourth-order valence-corrected chi connectivity index (χ4v) is 2.74. The minimum absolute atomic E-state index is 0.0103. The molecule has 0 bridgehead atoms. The van der Waals surface area contributed by atoms with E-state index < -0.39 is 10.0 Å². The van der Waals surface area contributed by atoms with Crippen molar-refractivity contribution in [1.82, 2.24) is 4.31 Å². The van der Waals surface area contributed by atoms with E-state index in [-0.39, 0.29) is 23.8 Å². The van der Waals surface area contributed by atoms with Crippen LogP contribution in [0.3, 0.4) is 0 Å². The van der Waals surface area contributed by atoms with Gasteiger partial charge in [0.15, 0.2) is 0 Å².